The summed E-state index contributed by atoms with van der Waals surface area (Å²) in [5, 5.41) is 1.04. The molecule has 2 unspecified atom stereocenters. The average molecular weight is 270 g/mol. The van der Waals surface area contributed by atoms with Crippen molar-refractivity contribution in [2.45, 2.75) is 20.3 Å². The van der Waals surface area contributed by atoms with Crippen molar-refractivity contribution >= 4 is 16.7 Å². The smallest absolute Gasteiger partial charge is 0.178 e. The minimum Gasteiger partial charge on any atom is -0.360 e. The normalized spacial score (nSPS) is 24.1. The lowest BCUT2D eigenvalue weighted by molar-refractivity contribution is 0.0851. The molecule has 0 radical (unpaired) electrons. The molecule has 2 aromatic rings. The van der Waals surface area contributed by atoms with Crippen LogP contribution in [0.5, 0.6) is 0 Å². The van der Waals surface area contributed by atoms with E-state index >= 15 is 0 Å². The van der Waals surface area contributed by atoms with Gasteiger partial charge in [-0.2, -0.15) is 0 Å². The first-order chi connectivity index (χ1) is 9.65. The lowest BCUT2D eigenvalue weighted by Crippen LogP contribution is -2.41. The SMILES string of the molecule is CC1CCN(CC(=O)c2c[nH]c3ccccc23)CC1C. The third-order valence-electron chi connectivity index (χ3n) is 4.68. The van der Waals surface area contributed by atoms with Gasteiger partial charge in [-0.3, -0.25) is 9.69 Å². The van der Waals surface area contributed by atoms with Crippen molar-refractivity contribution in [3.05, 3.63) is 36.0 Å². The molecule has 0 spiro atoms. The van der Waals surface area contributed by atoms with Gasteiger partial charge in [0.2, 0.25) is 0 Å². The molecule has 20 heavy (non-hydrogen) atoms. The number of hydrogen-bond donors (Lipinski definition) is 1. The molecule has 1 saturated heterocycles. The number of ketones is 1. The lowest BCUT2D eigenvalue weighted by Gasteiger charge is -2.34. The molecule has 3 rings (SSSR count). The highest BCUT2D eigenvalue weighted by atomic mass is 16.1. The molecule has 3 heteroatoms. The number of nitrogens with zero attached hydrogens (tertiary/aromatic N) is 1. The molecule has 0 saturated carbocycles. The Hall–Kier alpha value is -1.61. The fourth-order valence-corrected chi connectivity index (χ4v) is 3.08. The van der Waals surface area contributed by atoms with Crippen LogP contribution in [0.15, 0.2) is 30.5 Å². The van der Waals surface area contributed by atoms with E-state index in [-0.39, 0.29) is 5.78 Å². The maximum absolute atomic E-state index is 12.5. The summed E-state index contributed by atoms with van der Waals surface area (Å²) in [4.78, 5) is 18.0. The van der Waals surface area contributed by atoms with E-state index in [1.54, 1.807) is 0 Å². The Morgan fingerprint density at radius 1 is 1.30 bits per heavy atom. The van der Waals surface area contributed by atoms with Gasteiger partial charge in [0, 0.05) is 29.2 Å². The van der Waals surface area contributed by atoms with Crippen LogP contribution in [-0.4, -0.2) is 35.3 Å². The molecule has 3 nitrogen and oxygen atoms in total. The Balaban J connectivity index is 1.73. The fourth-order valence-electron chi connectivity index (χ4n) is 3.08. The van der Waals surface area contributed by atoms with Crippen LogP contribution in [0.25, 0.3) is 10.9 Å². The molecule has 1 aliphatic rings. The second kappa shape index (κ2) is 5.41. The predicted octanol–water partition coefficient (Wildman–Crippen LogP) is 3.33. The molecule has 1 N–H and O–H groups in total. The van der Waals surface area contributed by atoms with Gasteiger partial charge in [0.15, 0.2) is 5.78 Å². The summed E-state index contributed by atoms with van der Waals surface area (Å²) in [6.07, 6.45) is 3.05. The number of nitrogens with one attached hydrogen (secondary N) is 1. The number of piperidine rings is 1. The molecule has 106 valence electrons. The molecule has 2 heterocycles. The van der Waals surface area contributed by atoms with Crippen LogP contribution in [0.2, 0.25) is 0 Å². The van der Waals surface area contributed by atoms with Gasteiger partial charge in [0.05, 0.1) is 6.54 Å². The van der Waals surface area contributed by atoms with Gasteiger partial charge in [-0.1, -0.05) is 32.0 Å². The fraction of sp³-hybridized carbons (Fsp3) is 0.471. The molecular weight excluding hydrogens is 248 g/mol. The molecule has 2 atom stereocenters. The van der Waals surface area contributed by atoms with Gasteiger partial charge in [0.25, 0.3) is 0 Å². The highest BCUT2D eigenvalue weighted by molar-refractivity contribution is 6.08. The quantitative estimate of drug-likeness (QED) is 0.868. The largest absolute Gasteiger partial charge is 0.360 e. The Morgan fingerprint density at radius 2 is 2.10 bits per heavy atom. The molecule has 0 aliphatic carbocycles. The maximum atomic E-state index is 12.5. The number of benzene rings is 1. The molecule has 1 fully saturated rings. The Bertz CT molecular complexity index is 616. The zero-order chi connectivity index (χ0) is 14.1. The molecule has 1 aliphatic heterocycles. The zero-order valence-corrected chi connectivity index (χ0v) is 12.2. The third-order valence-corrected chi connectivity index (χ3v) is 4.68. The van der Waals surface area contributed by atoms with Crippen molar-refractivity contribution in [2.75, 3.05) is 19.6 Å². The Kier molecular flexibility index (Phi) is 3.62. The molecule has 0 amide bonds. The van der Waals surface area contributed by atoms with E-state index in [9.17, 15) is 4.79 Å². The highest BCUT2D eigenvalue weighted by Crippen LogP contribution is 2.23. The van der Waals surface area contributed by atoms with Gasteiger partial charge >= 0.3 is 0 Å². The molecule has 1 aromatic carbocycles. The van der Waals surface area contributed by atoms with Crippen molar-refractivity contribution in [2.24, 2.45) is 11.8 Å². The second-order valence-corrected chi connectivity index (χ2v) is 6.15. The van der Waals surface area contributed by atoms with Crippen LogP contribution in [0.3, 0.4) is 0 Å². The van der Waals surface area contributed by atoms with Crippen LogP contribution in [0, 0.1) is 11.8 Å². The number of carbonyl (C=O) groups is 1. The van der Waals surface area contributed by atoms with Crippen molar-refractivity contribution in [1.29, 1.82) is 0 Å². The monoisotopic (exact) mass is 270 g/mol. The molecule has 1 aromatic heterocycles. The predicted molar refractivity (Wildman–Crippen MR) is 82.0 cm³/mol. The van der Waals surface area contributed by atoms with Gasteiger partial charge in [0.1, 0.15) is 0 Å². The first kappa shape index (κ1) is 13.4. The van der Waals surface area contributed by atoms with Crippen LogP contribution in [0.4, 0.5) is 0 Å². The number of likely N-dealkylation sites (tertiary alicyclic amines) is 1. The summed E-state index contributed by atoms with van der Waals surface area (Å²) in [5.41, 5.74) is 1.86. The molecular formula is C17H22N2O. The van der Waals surface area contributed by atoms with E-state index < -0.39 is 0 Å². The number of hydrogen-bond acceptors (Lipinski definition) is 2. The first-order valence-electron chi connectivity index (χ1n) is 7.47. The van der Waals surface area contributed by atoms with Gasteiger partial charge in [-0.25, -0.2) is 0 Å². The number of Topliss-reactive ketones (excluding diaryl/α,β-unsaturated/α-hetero) is 1. The van der Waals surface area contributed by atoms with E-state index in [0.717, 1.165) is 35.5 Å². The summed E-state index contributed by atoms with van der Waals surface area (Å²) in [7, 11) is 0. The molecule has 0 bridgehead atoms. The summed E-state index contributed by atoms with van der Waals surface area (Å²) in [6, 6.07) is 8.00. The first-order valence-corrected chi connectivity index (χ1v) is 7.47. The van der Waals surface area contributed by atoms with Crippen molar-refractivity contribution in [1.82, 2.24) is 9.88 Å². The van der Waals surface area contributed by atoms with E-state index in [2.05, 4.69) is 23.7 Å². The number of fused-ring (bicyclic) bond motifs is 1. The lowest BCUT2D eigenvalue weighted by atomic mass is 9.88. The van der Waals surface area contributed by atoms with Crippen molar-refractivity contribution in [3.63, 3.8) is 0 Å². The van der Waals surface area contributed by atoms with Crippen LogP contribution in [0.1, 0.15) is 30.6 Å². The Labute approximate surface area is 120 Å². The standard InChI is InChI=1S/C17H22N2O/c1-12-7-8-19(10-13(12)2)11-17(20)15-9-18-16-6-4-3-5-14(15)16/h3-6,9,12-13,18H,7-8,10-11H2,1-2H3. The summed E-state index contributed by atoms with van der Waals surface area (Å²) >= 11 is 0. The van der Waals surface area contributed by atoms with E-state index in [1.807, 2.05) is 30.5 Å². The number of H-pyrrole nitrogens is 1. The summed E-state index contributed by atoms with van der Waals surface area (Å²) in [5.74, 6) is 1.68. The third kappa shape index (κ3) is 2.50. The number of carbonyl (C=O) groups excluding carboxylic acids is 1. The number of para-hydroxylation sites is 1. The highest BCUT2D eigenvalue weighted by Gasteiger charge is 2.24. The van der Waals surface area contributed by atoms with Crippen LogP contribution < -0.4 is 0 Å². The topological polar surface area (TPSA) is 36.1 Å². The second-order valence-electron chi connectivity index (χ2n) is 6.15. The number of aromatic amines is 1. The van der Waals surface area contributed by atoms with Crippen molar-refractivity contribution < 1.29 is 4.79 Å². The van der Waals surface area contributed by atoms with E-state index in [0.29, 0.717) is 12.5 Å². The van der Waals surface area contributed by atoms with E-state index in [1.165, 1.54) is 6.42 Å². The van der Waals surface area contributed by atoms with Gasteiger partial charge in [-0.15, -0.1) is 0 Å². The summed E-state index contributed by atoms with van der Waals surface area (Å²) < 4.78 is 0. The number of aromatic nitrogens is 1. The van der Waals surface area contributed by atoms with Crippen LogP contribution >= 0.6 is 0 Å². The van der Waals surface area contributed by atoms with Crippen LogP contribution in [-0.2, 0) is 0 Å². The van der Waals surface area contributed by atoms with Gasteiger partial charge < -0.3 is 4.98 Å². The number of rotatable bonds is 3. The van der Waals surface area contributed by atoms with Crippen molar-refractivity contribution in [3.8, 4) is 0 Å². The average Bonchev–Trinajstić information content (AvgIpc) is 2.87. The zero-order valence-electron chi connectivity index (χ0n) is 12.2. The Morgan fingerprint density at radius 3 is 2.90 bits per heavy atom. The maximum Gasteiger partial charge on any atom is 0.178 e. The van der Waals surface area contributed by atoms with Gasteiger partial charge in [-0.05, 0) is 30.9 Å². The van der Waals surface area contributed by atoms with E-state index in [4.69, 9.17) is 0 Å². The minimum absolute atomic E-state index is 0.226. The summed E-state index contributed by atoms with van der Waals surface area (Å²) in [6.45, 7) is 7.21. The minimum atomic E-state index is 0.226.